The first kappa shape index (κ1) is 14.7. The molecule has 1 aromatic heterocycles. The molecule has 1 aromatic rings. The number of carbonyl (C=O) groups is 1. The fourth-order valence-electron chi connectivity index (χ4n) is 1.08. The summed E-state index contributed by atoms with van der Waals surface area (Å²) in [5.74, 6) is 2.54. The summed E-state index contributed by atoms with van der Waals surface area (Å²) in [5.41, 5.74) is 0.800. The van der Waals surface area contributed by atoms with Crippen LogP contribution >= 0.6 is 55.0 Å². The van der Waals surface area contributed by atoms with E-state index in [4.69, 9.17) is 0 Å². The van der Waals surface area contributed by atoms with Crippen LogP contribution in [0.2, 0.25) is 0 Å². The van der Waals surface area contributed by atoms with Gasteiger partial charge in [0.2, 0.25) is 0 Å². The van der Waals surface area contributed by atoms with Gasteiger partial charge in [0, 0.05) is 5.56 Å². The average Bonchev–Trinajstić information content (AvgIpc) is 2.57. The molecule has 0 amide bonds. The molecule has 0 aliphatic heterocycles. The minimum atomic E-state index is 0.210. The second kappa shape index (κ2) is 7.19. The van der Waals surface area contributed by atoms with Gasteiger partial charge < -0.3 is 0 Å². The van der Waals surface area contributed by atoms with Gasteiger partial charge in [-0.2, -0.15) is 11.8 Å². The van der Waals surface area contributed by atoms with Crippen molar-refractivity contribution in [3.05, 3.63) is 19.2 Å². The molecule has 16 heavy (non-hydrogen) atoms. The number of hydrogen-bond donors (Lipinski definition) is 0. The summed E-state index contributed by atoms with van der Waals surface area (Å²) >= 11 is 10.1. The summed E-state index contributed by atoms with van der Waals surface area (Å²) in [6, 6.07) is 1.89. The van der Waals surface area contributed by atoms with E-state index in [1.165, 1.54) is 6.42 Å². The van der Waals surface area contributed by atoms with Crippen LogP contribution in [0.3, 0.4) is 0 Å². The molecule has 1 nitrogen and oxygen atoms in total. The van der Waals surface area contributed by atoms with E-state index < -0.39 is 0 Å². The molecule has 0 aliphatic carbocycles. The molecule has 0 radical (unpaired) electrons. The van der Waals surface area contributed by atoms with Crippen LogP contribution in [0.4, 0.5) is 0 Å². The predicted octanol–water partition coefficient (Wildman–Crippen LogP) is 5.24. The van der Waals surface area contributed by atoms with Gasteiger partial charge in [-0.05, 0) is 49.6 Å². The standard InChI is InChI=1S/C11H14Br2OS2/c1-3-7(2)5-15-6-9(14)8-4-10(12)16-11(8)13/h4,7H,3,5-6H2,1-2H3. The summed E-state index contributed by atoms with van der Waals surface area (Å²) in [5, 5.41) is 0. The smallest absolute Gasteiger partial charge is 0.174 e. The Labute approximate surface area is 122 Å². The maximum atomic E-state index is 11.9. The molecular weight excluding hydrogens is 372 g/mol. The van der Waals surface area contributed by atoms with E-state index in [9.17, 15) is 4.79 Å². The van der Waals surface area contributed by atoms with Gasteiger partial charge in [-0.1, -0.05) is 20.3 Å². The molecule has 0 saturated heterocycles. The first-order chi connectivity index (χ1) is 7.54. The Morgan fingerprint density at radius 2 is 2.25 bits per heavy atom. The Hall–Kier alpha value is 0.680. The Bertz CT molecular complexity index is 363. The maximum Gasteiger partial charge on any atom is 0.174 e. The number of ketones is 1. The van der Waals surface area contributed by atoms with Gasteiger partial charge in [0.15, 0.2) is 5.78 Å². The van der Waals surface area contributed by atoms with Crippen LogP contribution in [0.15, 0.2) is 13.6 Å². The largest absolute Gasteiger partial charge is 0.293 e. The summed E-state index contributed by atoms with van der Waals surface area (Å²) in [6.45, 7) is 4.40. The van der Waals surface area contributed by atoms with Crippen molar-refractivity contribution in [2.75, 3.05) is 11.5 Å². The van der Waals surface area contributed by atoms with Crippen LogP contribution < -0.4 is 0 Å². The number of rotatable bonds is 6. The van der Waals surface area contributed by atoms with Crippen molar-refractivity contribution < 1.29 is 4.79 Å². The molecule has 0 spiro atoms. The second-order valence-corrected chi connectivity index (χ2v) is 8.47. The highest BCUT2D eigenvalue weighted by atomic mass is 79.9. The molecule has 0 bridgehead atoms. The Balaban J connectivity index is 2.44. The van der Waals surface area contributed by atoms with E-state index in [1.54, 1.807) is 23.1 Å². The lowest BCUT2D eigenvalue weighted by molar-refractivity contribution is 0.102. The van der Waals surface area contributed by atoms with Crippen LogP contribution in [0, 0.1) is 5.92 Å². The van der Waals surface area contributed by atoms with Crippen LogP contribution in [0.1, 0.15) is 30.6 Å². The molecule has 1 atom stereocenters. The van der Waals surface area contributed by atoms with Crippen LogP contribution in [0.5, 0.6) is 0 Å². The van der Waals surface area contributed by atoms with E-state index in [-0.39, 0.29) is 5.78 Å². The average molecular weight is 386 g/mol. The Morgan fingerprint density at radius 1 is 1.56 bits per heavy atom. The number of halogens is 2. The Kier molecular flexibility index (Phi) is 6.62. The van der Waals surface area contributed by atoms with E-state index in [0.29, 0.717) is 11.7 Å². The molecular formula is C11H14Br2OS2. The summed E-state index contributed by atoms with van der Waals surface area (Å²) in [4.78, 5) is 11.9. The lowest BCUT2D eigenvalue weighted by Gasteiger charge is -2.06. The zero-order valence-corrected chi connectivity index (χ0v) is 14.1. The highest BCUT2D eigenvalue weighted by Gasteiger charge is 2.13. The third-order valence-corrected chi connectivity index (χ3v) is 5.90. The van der Waals surface area contributed by atoms with Crippen LogP contribution in [0.25, 0.3) is 0 Å². The van der Waals surface area contributed by atoms with E-state index >= 15 is 0 Å². The van der Waals surface area contributed by atoms with E-state index in [2.05, 4.69) is 45.7 Å². The molecule has 1 unspecified atom stereocenters. The molecule has 1 heterocycles. The number of thiophene rings is 1. The fourth-order valence-corrected chi connectivity index (χ4v) is 5.03. The van der Waals surface area contributed by atoms with Crippen molar-refractivity contribution in [3.63, 3.8) is 0 Å². The third kappa shape index (κ3) is 4.51. The maximum absolute atomic E-state index is 11.9. The predicted molar refractivity (Wildman–Crippen MR) is 80.8 cm³/mol. The van der Waals surface area contributed by atoms with Gasteiger partial charge in [0.25, 0.3) is 0 Å². The summed E-state index contributed by atoms with van der Waals surface area (Å²) in [6.07, 6.45) is 1.18. The lowest BCUT2D eigenvalue weighted by Crippen LogP contribution is -2.04. The van der Waals surface area contributed by atoms with Gasteiger partial charge in [-0.25, -0.2) is 0 Å². The molecule has 0 aromatic carbocycles. The van der Waals surface area contributed by atoms with Gasteiger partial charge in [0.05, 0.1) is 13.3 Å². The lowest BCUT2D eigenvalue weighted by atomic mass is 10.2. The van der Waals surface area contributed by atoms with Crippen molar-refractivity contribution >= 4 is 60.7 Å². The molecule has 0 saturated carbocycles. The van der Waals surface area contributed by atoms with Crippen molar-refractivity contribution in [2.24, 2.45) is 5.92 Å². The zero-order valence-electron chi connectivity index (χ0n) is 9.26. The van der Waals surface area contributed by atoms with E-state index in [0.717, 1.165) is 18.9 Å². The topological polar surface area (TPSA) is 17.1 Å². The number of hydrogen-bond acceptors (Lipinski definition) is 3. The van der Waals surface area contributed by atoms with Crippen molar-refractivity contribution in [2.45, 2.75) is 20.3 Å². The number of carbonyl (C=O) groups excluding carboxylic acids is 1. The van der Waals surface area contributed by atoms with Crippen molar-refractivity contribution in [1.82, 2.24) is 0 Å². The van der Waals surface area contributed by atoms with Gasteiger partial charge >= 0.3 is 0 Å². The Morgan fingerprint density at radius 3 is 2.75 bits per heavy atom. The molecule has 0 N–H and O–H groups in total. The molecule has 90 valence electrons. The van der Waals surface area contributed by atoms with E-state index in [1.807, 2.05) is 6.07 Å². The second-order valence-electron chi connectivity index (χ2n) is 3.69. The monoisotopic (exact) mass is 384 g/mol. The van der Waals surface area contributed by atoms with Crippen molar-refractivity contribution in [1.29, 1.82) is 0 Å². The SMILES string of the molecule is CCC(C)CSCC(=O)c1cc(Br)sc1Br. The minimum absolute atomic E-state index is 0.210. The highest BCUT2D eigenvalue weighted by Crippen LogP contribution is 2.32. The minimum Gasteiger partial charge on any atom is -0.293 e. The number of Topliss-reactive ketones (excluding diaryl/α,β-unsaturated/α-hetero) is 1. The molecule has 5 heteroatoms. The summed E-state index contributed by atoms with van der Waals surface area (Å²) in [7, 11) is 0. The molecule has 0 aliphatic rings. The first-order valence-electron chi connectivity index (χ1n) is 5.10. The molecule has 0 fully saturated rings. The first-order valence-corrected chi connectivity index (χ1v) is 8.66. The zero-order chi connectivity index (χ0) is 12.1. The van der Waals surface area contributed by atoms with Crippen LogP contribution in [-0.2, 0) is 0 Å². The van der Waals surface area contributed by atoms with Gasteiger partial charge in [0.1, 0.15) is 0 Å². The third-order valence-electron chi connectivity index (χ3n) is 2.29. The van der Waals surface area contributed by atoms with Crippen molar-refractivity contribution in [3.8, 4) is 0 Å². The summed E-state index contributed by atoms with van der Waals surface area (Å²) < 4.78 is 1.92. The van der Waals surface area contributed by atoms with Gasteiger partial charge in [-0.3, -0.25) is 4.79 Å². The fraction of sp³-hybridized carbons (Fsp3) is 0.545. The quantitative estimate of drug-likeness (QED) is 0.623. The van der Waals surface area contributed by atoms with Gasteiger partial charge in [-0.15, -0.1) is 11.3 Å². The number of thioether (sulfide) groups is 1. The van der Waals surface area contributed by atoms with Crippen LogP contribution in [-0.4, -0.2) is 17.3 Å². The highest BCUT2D eigenvalue weighted by molar-refractivity contribution is 9.12. The normalized spacial score (nSPS) is 12.8. The molecule has 1 rings (SSSR count).